The molecule has 0 saturated heterocycles. The summed E-state index contributed by atoms with van der Waals surface area (Å²) < 4.78 is 5.45. The van der Waals surface area contributed by atoms with Gasteiger partial charge < -0.3 is 15.4 Å². The van der Waals surface area contributed by atoms with E-state index in [0.717, 1.165) is 22.7 Å². The molecule has 0 aromatic heterocycles. The van der Waals surface area contributed by atoms with Crippen LogP contribution in [-0.4, -0.2) is 14.2 Å². The topological polar surface area (TPSA) is 38.5 Å². The summed E-state index contributed by atoms with van der Waals surface area (Å²) in [6.07, 6.45) is 0. The second-order valence-corrected chi connectivity index (χ2v) is 5.08. The van der Waals surface area contributed by atoms with Crippen molar-refractivity contribution in [3.63, 3.8) is 0 Å². The van der Waals surface area contributed by atoms with Crippen molar-refractivity contribution in [1.29, 1.82) is 0 Å². The highest BCUT2D eigenvalue weighted by atomic mass is 16.5. The third-order valence-electron chi connectivity index (χ3n) is 3.47. The molecule has 1 atom stereocenters. The second kappa shape index (κ2) is 5.97. The Morgan fingerprint density at radius 1 is 1.15 bits per heavy atom. The summed E-state index contributed by atoms with van der Waals surface area (Å²) in [7, 11) is 3.73. The first-order chi connectivity index (χ1) is 9.54. The van der Waals surface area contributed by atoms with Gasteiger partial charge in [-0.15, -0.1) is 0 Å². The largest absolute Gasteiger partial charge is 0.496 e. The first-order valence-corrected chi connectivity index (χ1v) is 6.77. The molecule has 3 heteroatoms. The quantitative estimate of drug-likeness (QED) is 0.918. The molecule has 20 heavy (non-hydrogen) atoms. The van der Waals surface area contributed by atoms with Crippen LogP contribution in [0.25, 0.3) is 0 Å². The SMILES string of the molecule is COc1cccc(N(C)c2cccc(C)c2)c1[C@H](C)N. The van der Waals surface area contributed by atoms with Crippen LogP contribution in [0.4, 0.5) is 11.4 Å². The lowest BCUT2D eigenvalue weighted by Crippen LogP contribution is -2.16. The van der Waals surface area contributed by atoms with Crippen LogP contribution in [0, 0.1) is 6.92 Å². The van der Waals surface area contributed by atoms with Gasteiger partial charge in [0.25, 0.3) is 0 Å². The monoisotopic (exact) mass is 270 g/mol. The Labute approximate surface area is 121 Å². The number of methoxy groups -OCH3 is 1. The van der Waals surface area contributed by atoms with Crippen LogP contribution in [0.1, 0.15) is 24.1 Å². The predicted molar refractivity (Wildman–Crippen MR) is 84.8 cm³/mol. The number of rotatable bonds is 4. The molecule has 0 amide bonds. The maximum absolute atomic E-state index is 6.13. The van der Waals surface area contributed by atoms with Gasteiger partial charge in [-0.2, -0.15) is 0 Å². The number of nitrogens with two attached hydrogens (primary N) is 1. The molecule has 0 bridgehead atoms. The Morgan fingerprint density at radius 2 is 1.85 bits per heavy atom. The Kier molecular flexibility index (Phi) is 4.30. The fraction of sp³-hybridized carbons (Fsp3) is 0.294. The summed E-state index contributed by atoms with van der Waals surface area (Å²) in [6.45, 7) is 4.07. The summed E-state index contributed by atoms with van der Waals surface area (Å²) in [5.41, 5.74) is 10.6. The average Bonchev–Trinajstić information content (AvgIpc) is 2.45. The van der Waals surface area contributed by atoms with Crippen molar-refractivity contribution in [3.05, 3.63) is 53.6 Å². The van der Waals surface area contributed by atoms with Crippen molar-refractivity contribution < 1.29 is 4.74 Å². The van der Waals surface area contributed by atoms with Crippen molar-refractivity contribution in [2.75, 3.05) is 19.1 Å². The van der Waals surface area contributed by atoms with Gasteiger partial charge in [-0.05, 0) is 43.7 Å². The lowest BCUT2D eigenvalue weighted by molar-refractivity contribution is 0.407. The molecule has 0 heterocycles. The number of hydrogen-bond donors (Lipinski definition) is 1. The van der Waals surface area contributed by atoms with Crippen LogP contribution in [0.15, 0.2) is 42.5 Å². The van der Waals surface area contributed by atoms with E-state index in [1.807, 2.05) is 19.1 Å². The van der Waals surface area contributed by atoms with Crippen LogP contribution in [0.3, 0.4) is 0 Å². The molecule has 0 aliphatic carbocycles. The molecule has 106 valence electrons. The molecule has 0 aliphatic rings. The zero-order valence-corrected chi connectivity index (χ0v) is 12.6. The first-order valence-electron chi connectivity index (χ1n) is 6.77. The minimum Gasteiger partial charge on any atom is -0.496 e. The lowest BCUT2D eigenvalue weighted by Gasteiger charge is -2.25. The van der Waals surface area contributed by atoms with Crippen LogP contribution >= 0.6 is 0 Å². The molecule has 0 saturated carbocycles. The van der Waals surface area contributed by atoms with E-state index >= 15 is 0 Å². The van der Waals surface area contributed by atoms with Crippen molar-refractivity contribution in [2.24, 2.45) is 5.73 Å². The molecule has 2 aromatic carbocycles. The van der Waals surface area contributed by atoms with Gasteiger partial charge >= 0.3 is 0 Å². The zero-order valence-electron chi connectivity index (χ0n) is 12.6. The van der Waals surface area contributed by atoms with E-state index in [9.17, 15) is 0 Å². The van der Waals surface area contributed by atoms with Gasteiger partial charge in [0.2, 0.25) is 0 Å². The van der Waals surface area contributed by atoms with E-state index in [0.29, 0.717) is 0 Å². The first kappa shape index (κ1) is 14.4. The molecule has 2 aromatic rings. The standard InChI is InChI=1S/C17H22N2O/c1-12-7-5-8-14(11-12)19(3)15-9-6-10-16(20-4)17(15)13(2)18/h5-11,13H,18H2,1-4H3/t13-/m0/s1. The Balaban J connectivity index is 2.52. The highest BCUT2D eigenvalue weighted by Crippen LogP contribution is 2.36. The summed E-state index contributed by atoms with van der Waals surface area (Å²) >= 11 is 0. The smallest absolute Gasteiger partial charge is 0.125 e. The van der Waals surface area contributed by atoms with E-state index in [1.165, 1.54) is 5.56 Å². The molecule has 0 unspecified atom stereocenters. The lowest BCUT2D eigenvalue weighted by atomic mass is 10.0. The third kappa shape index (κ3) is 2.78. The molecule has 0 aliphatic heterocycles. The van der Waals surface area contributed by atoms with E-state index in [4.69, 9.17) is 10.5 Å². The van der Waals surface area contributed by atoms with Crippen molar-refractivity contribution in [1.82, 2.24) is 0 Å². The van der Waals surface area contributed by atoms with Crippen LogP contribution in [-0.2, 0) is 0 Å². The second-order valence-electron chi connectivity index (χ2n) is 5.08. The van der Waals surface area contributed by atoms with E-state index in [-0.39, 0.29) is 6.04 Å². The molecule has 0 spiro atoms. The van der Waals surface area contributed by atoms with E-state index < -0.39 is 0 Å². The molecular formula is C17H22N2O. The van der Waals surface area contributed by atoms with Gasteiger partial charge in [0.05, 0.1) is 7.11 Å². The zero-order chi connectivity index (χ0) is 14.7. The number of hydrogen-bond acceptors (Lipinski definition) is 3. The van der Waals surface area contributed by atoms with Crippen LogP contribution in [0.5, 0.6) is 5.75 Å². The fourth-order valence-corrected chi connectivity index (χ4v) is 2.44. The number of benzene rings is 2. The molecule has 3 nitrogen and oxygen atoms in total. The maximum Gasteiger partial charge on any atom is 0.125 e. The number of nitrogens with zero attached hydrogens (tertiary/aromatic N) is 1. The Morgan fingerprint density at radius 3 is 2.45 bits per heavy atom. The maximum atomic E-state index is 6.13. The highest BCUT2D eigenvalue weighted by molar-refractivity contribution is 5.69. The number of ether oxygens (including phenoxy) is 1. The van der Waals surface area contributed by atoms with Crippen molar-refractivity contribution in [2.45, 2.75) is 19.9 Å². The van der Waals surface area contributed by atoms with E-state index in [1.54, 1.807) is 7.11 Å². The van der Waals surface area contributed by atoms with Gasteiger partial charge in [-0.1, -0.05) is 18.2 Å². The summed E-state index contributed by atoms with van der Waals surface area (Å²) in [5.74, 6) is 0.831. The highest BCUT2D eigenvalue weighted by Gasteiger charge is 2.16. The van der Waals surface area contributed by atoms with E-state index in [2.05, 4.69) is 49.2 Å². The molecule has 0 radical (unpaired) electrons. The number of anilines is 2. The summed E-state index contributed by atoms with van der Waals surface area (Å²) in [6, 6.07) is 14.3. The fourth-order valence-electron chi connectivity index (χ4n) is 2.44. The van der Waals surface area contributed by atoms with Crippen LogP contribution < -0.4 is 15.4 Å². The van der Waals surface area contributed by atoms with Gasteiger partial charge in [0.15, 0.2) is 0 Å². The minimum atomic E-state index is -0.0894. The summed E-state index contributed by atoms with van der Waals surface area (Å²) in [5, 5.41) is 0. The van der Waals surface area contributed by atoms with Crippen molar-refractivity contribution in [3.8, 4) is 5.75 Å². The van der Waals surface area contributed by atoms with Gasteiger partial charge in [0, 0.05) is 30.0 Å². The van der Waals surface area contributed by atoms with Crippen LogP contribution in [0.2, 0.25) is 0 Å². The summed E-state index contributed by atoms with van der Waals surface area (Å²) in [4.78, 5) is 2.15. The van der Waals surface area contributed by atoms with Gasteiger partial charge in [-0.3, -0.25) is 0 Å². The van der Waals surface area contributed by atoms with Gasteiger partial charge in [-0.25, -0.2) is 0 Å². The molecule has 0 fully saturated rings. The molecular weight excluding hydrogens is 248 g/mol. The Hall–Kier alpha value is -2.00. The normalized spacial score (nSPS) is 12.1. The third-order valence-corrected chi connectivity index (χ3v) is 3.47. The van der Waals surface area contributed by atoms with Gasteiger partial charge in [0.1, 0.15) is 5.75 Å². The predicted octanol–water partition coefficient (Wildman–Crippen LogP) is 3.79. The van der Waals surface area contributed by atoms with Crippen molar-refractivity contribution >= 4 is 11.4 Å². The Bertz CT molecular complexity index is 593. The molecule has 2 N–H and O–H groups in total. The number of aryl methyl sites for hydroxylation is 1. The average molecular weight is 270 g/mol. The minimum absolute atomic E-state index is 0.0894. The molecule has 2 rings (SSSR count).